The van der Waals surface area contributed by atoms with E-state index in [1.54, 1.807) is 0 Å². The molecule has 10 heteroatoms. The molecule has 1 atom stereocenters. The molecule has 4 N–H and O–H groups in total. The average Bonchev–Trinajstić information content (AvgIpc) is 2.85. The number of carbonyl (C=O) groups is 5. The summed E-state index contributed by atoms with van der Waals surface area (Å²) in [6.45, 7) is 0.151. The molecule has 27 heavy (non-hydrogen) atoms. The van der Waals surface area contributed by atoms with Crippen LogP contribution in [-0.2, 0) is 14.4 Å². The lowest BCUT2D eigenvalue weighted by atomic mass is 10.0. The Morgan fingerprint density at radius 1 is 1.22 bits per heavy atom. The van der Waals surface area contributed by atoms with E-state index in [4.69, 9.17) is 10.8 Å². The number of fused-ring (bicyclic) bond motifs is 1. The summed E-state index contributed by atoms with van der Waals surface area (Å²) < 4.78 is 0. The molecule has 2 aliphatic heterocycles. The number of carbonyl (C=O) groups excluding carboxylic acids is 4. The van der Waals surface area contributed by atoms with Gasteiger partial charge in [-0.25, -0.2) is 0 Å². The average molecular weight is 374 g/mol. The Balaban J connectivity index is 1.91. The van der Waals surface area contributed by atoms with Crippen LogP contribution in [0.1, 0.15) is 33.6 Å². The molecule has 2 aliphatic rings. The van der Waals surface area contributed by atoms with E-state index < -0.39 is 35.6 Å². The zero-order valence-electron chi connectivity index (χ0n) is 14.3. The van der Waals surface area contributed by atoms with Crippen molar-refractivity contribution < 1.29 is 29.1 Å². The number of benzene rings is 1. The van der Waals surface area contributed by atoms with Crippen LogP contribution in [0.15, 0.2) is 18.2 Å². The first-order valence-corrected chi connectivity index (χ1v) is 8.36. The Morgan fingerprint density at radius 2 is 1.93 bits per heavy atom. The number of nitrogens with one attached hydrogen (secondary N) is 1. The van der Waals surface area contributed by atoms with Gasteiger partial charge in [0, 0.05) is 25.2 Å². The van der Waals surface area contributed by atoms with E-state index in [1.165, 1.54) is 23.1 Å². The van der Waals surface area contributed by atoms with Crippen molar-refractivity contribution in [2.24, 2.45) is 5.73 Å². The number of amides is 4. The third-order valence-electron chi connectivity index (χ3n) is 4.51. The van der Waals surface area contributed by atoms with E-state index in [0.29, 0.717) is 5.69 Å². The summed E-state index contributed by atoms with van der Waals surface area (Å²) in [5.41, 5.74) is 6.18. The van der Waals surface area contributed by atoms with Crippen LogP contribution in [0.3, 0.4) is 0 Å². The molecule has 142 valence electrons. The fraction of sp³-hybridized carbons (Fsp3) is 0.353. The molecule has 0 aliphatic carbocycles. The topological polar surface area (TPSA) is 150 Å². The summed E-state index contributed by atoms with van der Waals surface area (Å²) in [7, 11) is 0. The molecule has 0 bridgehead atoms. The minimum atomic E-state index is -1.06. The molecule has 2 heterocycles. The standard InChI is InChI=1S/C17H18N4O6/c18-5-6-20(8-14(23)24)9-1-2-10-11(7-9)17(27)21(16(10)26)12-3-4-13(22)19-15(12)25/h1-2,7,12H,3-6,8,18H2,(H,23,24)(H,19,22,25). The quantitative estimate of drug-likeness (QED) is 0.533. The molecule has 1 aromatic carbocycles. The predicted octanol–water partition coefficient (Wildman–Crippen LogP) is -1.06. The Bertz CT molecular complexity index is 852. The molecule has 1 fully saturated rings. The highest BCUT2D eigenvalue weighted by atomic mass is 16.4. The van der Waals surface area contributed by atoms with Crippen molar-refractivity contribution >= 4 is 35.3 Å². The molecule has 4 amide bonds. The van der Waals surface area contributed by atoms with Gasteiger partial charge in [0.15, 0.2) is 0 Å². The largest absolute Gasteiger partial charge is 0.480 e. The fourth-order valence-electron chi connectivity index (χ4n) is 3.27. The van der Waals surface area contributed by atoms with Gasteiger partial charge in [-0.05, 0) is 24.6 Å². The van der Waals surface area contributed by atoms with E-state index in [0.717, 1.165) is 4.90 Å². The third kappa shape index (κ3) is 3.38. The molecule has 3 rings (SSSR count). The SMILES string of the molecule is NCCN(CC(=O)O)c1ccc2c(c1)C(=O)N(C1CCC(=O)NC1=O)C2=O. The smallest absolute Gasteiger partial charge is 0.323 e. The van der Waals surface area contributed by atoms with E-state index in [-0.39, 0.29) is 43.6 Å². The van der Waals surface area contributed by atoms with Crippen LogP contribution >= 0.6 is 0 Å². The number of rotatable bonds is 6. The Kier molecular flexibility index (Phi) is 4.91. The molecule has 1 unspecified atom stereocenters. The molecule has 0 spiro atoms. The zero-order valence-corrected chi connectivity index (χ0v) is 14.3. The van der Waals surface area contributed by atoms with Crippen molar-refractivity contribution in [1.82, 2.24) is 10.2 Å². The molecular weight excluding hydrogens is 356 g/mol. The van der Waals surface area contributed by atoms with Crippen LogP contribution in [-0.4, -0.2) is 65.3 Å². The van der Waals surface area contributed by atoms with Crippen LogP contribution in [0, 0.1) is 0 Å². The van der Waals surface area contributed by atoms with Crippen molar-refractivity contribution in [3.05, 3.63) is 29.3 Å². The molecule has 10 nitrogen and oxygen atoms in total. The van der Waals surface area contributed by atoms with Gasteiger partial charge in [-0.2, -0.15) is 0 Å². The van der Waals surface area contributed by atoms with Gasteiger partial charge in [-0.3, -0.25) is 34.2 Å². The lowest BCUT2D eigenvalue weighted by Crippen LogP contribution is -2.54. The summed E-state index contributed by atoms with van der Waals surface area (Å²) in [6, 6.07) is 3.36. The van der Waals surface area contributed by atoms with Gasteiger partial charge >= 0.3 is 5.97 Å². The van der Waals surface area contributed by atoms with Crippen LogP contribution in [0.25, 0.3) is 0 Å². The van der Waals surface area contributed by atoms with E-state index in [1.807, 2.05) is 0 Å². The van der Waals surface area contributed by atoms with Crippen molar-refractivity contribution in [1.29, 1.82) is 0 Å². The van der Waals surface area contributed by atoms with Gasteiger partial charge in [0.1, 0.15) is 12.6 Å². The predicted molar refractivity (Wildman–Crippen MR) is 92.0 cm³/mol. The highest BCUT2D eigenvalue weighted by Crippen LogP contribution is 2.30. The van der Waals surface area contributed by atoms with Gasteiger partial charge in [-0.1, -0.05) is 0 Å². The number of nitrogens with two attached hydrogens (primary N) is 1. The number of imide groups is 2. The van der Waals surface area contributed by atoms with Crippen molar-refractivity contribution in [3.63, 3.8) is 0 Å². The molecular formula is C17H18N4O6. The van der Waals surface area contributed by atoms with Crippen LogP contribution < -0.4 is 16.0 Å². The van der Waals surface area contributed by atoms with Crippen molar-refractivity contribution in [2.75, 3.05) is 24.5 Å². The highest BCUT2D eigenvalue weighted by Gasteiger charge is 2.44. The first kappa shape index (κ1) is 18.5. The van der Waals surface area contributed by atoms with Crippen molar-refractivity contribution in [3.8, 4) is 0 Å². The molecule has 1 aromatic rings. The summed E-state index contributed by atoms with van der Waals surface area (Å²) >= 11 is 0. The maximum absolute atomic E-state index is 12.8. The first-order valence-electron chi connectivity index (χ1n) is 8.36. The summed E-state index contributed by atoms with van der Waals surface area (Å²) in [6.07, 6.45) is 0.110. The minimum absolute atomic E-state index is 0.0396. The second-order valence-corrected chi connectivity index (χ2v) is 6.28. The lowest BCUT2D eigenvalue weighted by Gasteiger charge is -2.27. The molecule has 0 aromatic heterocycles. The van der Waals surface area contributed by atoms with Gasteiger partial charge in [0.25, 0.3) is 11.8 Å². The highest BCUT2D eigenvalue weighted by molar-refractivity contribution is 6.23. The first-order chi connectivity index (χ1) is 12.8. The Morgan fingerprint density at radius 3 is 2.56 bits per heavy atom. The molecule has 1 saturated heterocycles. The van der Waals surface area contributed by atoms with Gasteiger partial charge in [0.05, 0.1) is 11.1 Å². The molecule has 0 radical (unpaired) electrons. The van der Waals surface area contributed by atoms with Gasteiger partial charge in [0.2, 0.25) is 11.8 Å². The summed E-state index contributed by atoms with van der Waals surface area (Å²) in [5.74, 6) is -3.44. The summed E-state index contributed by atoms with van der Waals surface area (Å²) in [4.78, 5) is 62.1. The number of carboxylic acid groups (broad SMARTS) is 1. The maximum Gasteiger partial charge on any atom is 0.323 e. The second-order valence-electron chi connectivity index (χ2n) is 6.28. The normalized spacial score (nSPS) is 19.1. The molecule has 0 saturated carbocycles. The fourth-order valence-corrected chi connectivity index (χ4v) is 3.27. The van der Waals surface area contributed by atoms with Crippen molar-refractivity contribution in [2.45, 2.75) is 18.9 Å². The van der Waals surface area contributed by atoms with E-state index in [2.05, 4.69) is 5.32 Å². The monoisotopic (exact) mass is 374 g/mol. The number of carboxylic acids is 1. The maximum atomic E-state index is 12.8. The number of aliphatic carboxylic acids is 1. The number of piperidine rings is 1. The van der Waals surface area contributed by atoms with Crippen LogP contribution in [0.5, 0.6) is 0 Å². The van der Waals surface area contributed by atoms with E-state index >= 15 is 0 Å². The Hall–Kier alpha value is -3.27. The number of anilines is 1. The van der Waals surface area contributed by atoms with Gasteiger partial charge < -0.3 is 15.7 Å². The zero-order chi connectivity index (χ0) is 19.7. The van der Waals surface area contributed by atoms with Crippen LogP contribution in [0.4, 0.5) is 5.69 Å². The second kappa shape index (κ2) is 7.16. The summed E-state index contributed by atoms with van der Waals surface area (Å²) in [5, 5.41) is 11.2. The number of nitrogens with zero attached hydrogens (tertiary/aromatic N) is 2. The number of hydrogen-bond acceptors (Lipinski definition) is 7. The van der Waals surface area contributed by atoms with E-state index in [9.17, 15) is 24.0 Å². The minimum Gasteiger partial charge on any atom is -0.480 e. The number of hydrogen-bond donors (Lipinski definition) is 3. The Labute approximate surface area is 153 Å². The lowest BCUT2D eigenvalue weighted by molar-refractivity contribution is -0.137. The van der Waals surface area contributed by atoms with Gasteiger partial charge in [-0.15, -0.1) is 0 Å². The van der Waals surface area contributed by atoms with Crippen LogP contribution in [0.2, 0.25) is 0 Å². The third-order valence-corrected chi connectivity index (χ3v) is 4.51.